The average Bonchev–Trinajstić information content (AvgIpc) is 3.35. The van der Waals surface area contributed by atoms with E-state index in [0.717, 1.165) is 31.2 Å². The highest BCUT2D eigenvalue weighted by atomic mass is 16.5. The van der Waals surface area contributed by atoms with Crippen LogP contribution in [0.1, 0.15) is 31.2 Å². The first-order valence-electron chi connectivity index (χ1n) is 10.1. The molecule has 0 aromatic heterocycles. The van der Waals surface area contributed by atoms with Gasteiger partial charge in [0.15, 0.2) is 11.5 Å². The molecule has 1 spiro atoms. The van der Waals surface area contributed by atoms with Crippen LogP contribution < -0.4 is 14.8 Å². The van der Waals surface area contributed by atoms with Crippen LogP contribution in [0.5, 0.6) is 11.5 Å². The fourth-order valence-corrected chi connectivity index (χ4v) is 4.22. The number of hydrogen-bond donors (Lipinski definition) is 1. The lowest BCUT2D eigenvalue weighted by molar-refractivity contribution is -0.132. The number of methoxy groups -OCH3 is 2. The van der Waals surface area contributed by atoms with Crippen LogP contribution >= 0.6 is 0 Å². The molecule has 1 N–H and O–H groups in total. The first-order valence-corrected chi connectivity index (χ1v) is 10.1. The molecule has 0 atom stereocenters. The van der Waals surface area contributed by atoms with Crippen molar-refractivity contribution >= 4 is 23.2 Å². The predicted octanol–water partition coefficient (Wildman–Crippen LogP) is 3.24. The highest BCUT2D eigenvalue weighted by molar-refractivity contribution is 6.47. The van der Waals surface area contributed by atoms with Crippen LogP contribution in [0.2, 0.25) is 0 Å². The molecule has 1 saturated carbocycles. The second-order valence-corrected chi connectivity index (χ2v) is 7.53. The second-order valence-electron chi connectivity index (χ2n) is 7.53. The van der Waals surface area contributed by atoms with Crippen molar-refractivity contribution in [1.82, 2.24) is 4.90 Å². The van der Waals surface area contributed by atoms with Crippen LogP contribution in [0.4, 0.5) is 5.69 Å². The van der Waals surface area contributed by atoms with Crippen molar-refractivity contribution in [1.29, 1.82) is 0 Å². The zero-order valence-electron chi connectivity index (χ0n) is 17.2. The zero-order chi connectivity index (χ0) is 21.1. The van der Waals surface area contributed by atoms with Gasteiger partial charge in [-0.1, -0.05) is 30.3 Å². The average molecular weight is 407 g/mol. The second kappa shape index (κ2) is 8.18. The Balaban J connectivity index is 1.53. The van der Waals surface area contributed by atoms with Crippen molar-refractivity contribution in [3.05, 3.63) is 54.1 Å². The summed E-state index contributed by atoms with van der Waals surface area (Å²) in [5.74, 6) is 0.641. The molecule has 2 aromatic carbocycles. The Morgan fingerprint density at radius 2 is 1.77 bits per heavy atom. The number of rotatable bonds is 6. The molecular formula is C23H25N3O4. The maximum Gasteiger partial charge on any atom is 0.275 e. The normalized spacial score (nSPS) is 17.2. The highest BCUT2D eigenvalue weighted by Gasteiger charge is 2.49. The van der Waals surface area contributed by atoms with Gasteiger partial charge in [-0.15, -0.1) is 0 Å². The summed E-state index contributed by atoms with van der Waals surface area (Å²) >= 11 is 0. The van der Waals surface area contributed by atoms with Crippen molar-refractivity contribution in [2.24, 2.45) is 4.99 Å². The fourth-order valence-electron chi connectivity index (χ4n) is 4.22. The Morgan fingerprint density at radius 3 is 2.43 bits per heavy atom. The van der Waals surface area contributed by atoms with Gasteiger partial charge in [-0.05, 0) is 37.8 Å². The summed E-state index contributed by atoms with van der Waals surface area (Å²) in [6.45, 7) is -0.0486. The monoisotopic (exact) mass is 407 g/mol. The van der Waals surface area contributed by atoms with Gasteiger partial charge in [0, 0.05) is 17.3 Å². The Morgan fingerprint density at radius 1 is 1.07 bits per heavy atom. The van der Waals surface area contributed by atoms with Crippen molar-refractivity contribution in [3.63, 3.8) is 0 Å². The van der Waals surface area contributed by atoms with E-state index in [1.807, 2.05) is 30.3 Å². The van der Waals surface area contributed by atoms with Gasteiger partial charge >= 0.3 is 0 Å². The van der Waals surface area contributed by atoms with E-state index in [9.17, 15) is 9.59 Å². The SMILES string of the molecule is COc1ccc(NC(=O)CN2C(=O)C(c3ccccc3)=NC23CCCC3)cc1OC. The topological polar surface area (TPSA) is 80.2 Å². The molecule has 0 saturated heterocycles. The minimum absolute atomic E-state index is 0.0486. The predicted molar refractivity (Wildman–Crippen MR) is 114 cm³/mol. The molecule has 4 rings (SSSR count). The lowest BCUT2D eigenvalue weighted by Gasteiger charge is -2.32. The minimum atomic E-state index is -0.614. The molecule has 1 heterocycles. The number of carbonyl (C=O) groups excluding carboxylic acids is 2. The van der Waals surface area contributed by atoms with Gasteiger partial charge in [-0.3, -0.25) is 14.6 Å². The molecule has 1 aliphatic heterocycles. The molecule has 2 aromatic rings. The summed E-state index contributed by atoms with van der Waals surface area (Å²) in [6, 6.07) is 14.6. The summed E-state index contributed by atoms with van der Waals surface area (Å²) in [4.78, 5) is 32.5. The Labute approximate surface area is 175 Å². The number of benzene rings is 2. The molecule has 7 nitrogen and oxygen atoms in total. The molecule has 2 aliphatic rings. The third-order valence-corrected chi connectivity index (χ3v) is 5.69. The minimum Gasteiger partial charge on any atom is -0.493 e. The number of nitrogens with one attached hydrogen (secondary N) is 1. The Hall–Kier alpha value is -3.35. The summed E-state index contributed by atoms with van der Waals surface area (Å²) < 4.78 is 10.5. The summed E-state index contributed by atoms with van der Waals surface area (Å²) in [6.07, 6.45) is 3.54. The molecule has 30 heavy (non-hydrogen) atoms. The van der Waals surface area contributed by atoms with Crippen LogP contribution in [-0.2, 0) is 9.59 Å². The molecule has 2 amide bonds. The van der Waals surface area contributed by atoms with Gasteiger partial charge in [0.05, 0.1) is 14.2 Å². The van der Waals surface area contributed by atoms with E-state index in [-0.39, 0.29) is 18.4 Å². The lowest BCUT2D eigenvalue weighted by Crippen LogP contribution is -2.48. The lowest BCUT2D eigenvalue weighted by atomic mass is 10.1. The molecule has 7 heteroatoms. The van der Waals surface area contributed by atoms with Crippen molar-refractivity contribution in [3.8, 4) is 11.5 Å². The summed E-state index contributed by atoms with van der Waals surface area (Å²) in [5.41, 5.74) is 1.19. The Kier molecular flexibility index (Phi) is 5.44. The van der Waals surface area contributed by atoms with Gasteiger partial charge in [-0.25, -0.2) is 0 Å². The highest BCUT2D eigenvalue weighted by Crippen LogP contribution is 2.41. The molecule has 1 fully saturated rings. The van der Waals surface area contributed by atoms with E-state index in [0.29, 0.717) is 22.9 Å². The van der Waals surface area contributed by atoms with E-state index in [4.69, 9.17) is 14.5 Å². The van der Waals surface area contributed by atoms with Crippen molar-refractivity contribution < 1.29 is 19.1 Å². The number of anilines is 1. The van der Waals surface area contributed by atoms with Gasteiger partial charge in [0.2, 0.25) is 5.91 Å². The molecule has 1 aliphatic carbocycles. The first kappa shape index (κ1) is 19.9. The third kappa shape index (κ3) is 3.63. The molecule has 0 radical (unpaired) electrons. The van der Waals surface area contributed by atoms with Crippen molar-refractivity contribution in [2.45, 2.75) is 31.3 Å². The standard InChI is InChI=1S/C23H25N3O4/c1-29-18-11-10-17(14-19(18)30-2)24-20(27)15-26-22(28)21(16-8-4-3-5-9-16)25-23(26)12-6-7-13-23/h3-5,8-11,14H,6-7,12-13,15H2,1-2H3,(H,24,27). The summed E-state index contributed by atoms with van der Waals surface area (Å²) in [5, 5.41) is 2.86. The van der Waals surface area contributed by atoms with Crippen molar-refractivity contribution in [2.75, 3.05) is 26.1 Å². The van der Waals surface area contributed by atoms with Gasteiger partial charge in [0.1, 0.15) is 17.9 Å². The van der Waals surface area contributed by atoms with Gasteiger partial charge < -0.3 is 19.7 Å². The molecule has 0 bridgehead atoms. The molecule has 0 unspecified atom stereocenters. The largest absolute Gasteiger partial charge is 0.493 e. The van der Waals surface area contributed by atoms with Gasteiger partial charge in [-0.2, -0.15) is 0 Å². The van der Waals surface area contributed by atoms with E-state index >= 15 is 0 Å². The smallest absolute Gasteiger partial charge is 0.275 e. The molecular weight excluding hydrogens is 382 g/mol. The maximum atomic E-state index is 13.2. The summed E-state index contributed by atoms with van der Waals surface area (Å²) in [7, 11) is 3.10. The van der Waals surface area contributed by atoms with Gasteiger partial charge in [0.25, 0.3) is 5.91 Å². The van der Waals surface area contributed by atoms with E-state index in [1.54, 1.807) is 37.3 Å². The maximum absolute atomic E-state index is 13.2. The number of amides is 2. The van der Waals surface area contributed by atoms with E-state index in [2.05, 4.69) is 5.32 Å². The molecule has 156 valence electrons. The quantitative estimate of drug-likeness (QED) is 0.797. The van der Waals surface area contributed by atoms with E-state index < -0.39 is 5.66 Å². The Bertz CT molecular complexity index is 981. The van der Waals surface area contributed by atoms with Crippen LogP contribution in [-0.4, -0.2) is 48.9 Å². The van der Waals surface area contributed by atoms with E-state index in [1.165, 1.54) is 0 Å². The van der Waals surface area contributed by atoms with Crippen LogP contribution in [0.3, 0.4) is 0 Å². The fraction of sp³-hybridized carbons (Fsp3) is 0.348. The van der Waals surface area contributed by atoms with Crippen LogP contribution in [0.25, 0.3) is 0 Å². The number of nitrogens with zero attached hydrogens (tertiary/aromatic N) is 2. The first-order chi connectivity index (χ1) is 14.6. The number of hydrogen-bond acceptors (Lipinski definition) is 5. The third-order valence-electron chi connectivity index (χ3n) is 5.69. The number of aliphatic imine (C=N–C) groups is 1. The zero-order valence-corrected chi connectivity index (χ0v) is 17.2. The number of ether oxygens (including phenoxy) is 2. The van der Waals surface area contributed by atoms with Crippen LogP contribution in [0.15, 0.2) is 53.5 Å². The number of carbonyl (C=O) groups is 2. The van der Waals surface area contributed by atoms with Crippen LogP contribution in [0, 0.1) is 0 Å².